The van der Waals surface area contributed by atoms with E-state index in [1.54, 1.807) is 11.8 Å². The van der Waals surface area contributed by atoms with Crippen LogP contribution in [-0.4, -0.2) is 53.9 Å². The number of carbonyl (C=O) groups excluding carboxylic acids is 1. The van der Waals surface area contributed by atoms with Crippen molar-refractivity contribution >= 4 is 11.6 Å². The van der Waals surface area contributed by atoms with Crippen molar-refractivity contribution < 1.29 is 4.79 Å². The maximum Gasteiger partial charge on any atom is 0.276 e. The number of aromatic amines is 2. The van der Waals surface area contributed by atoms with E-state index in [-0.39, 0.29) is 17.4 Å². The number of nitrogens with one attached hydrogen (secondary N) is 2. The summed E-state index contributed by atoms with van der Waals surface area (Å²) in [6.07, 6.45) is 3.08. The van der Waals surface area contributed by atoms with Crippen LogP contribution in [-0.2, 0) is 0 Å². The third-order valence-corrected chi connectivity index (χ3v) is 4.96. The Morgan fingerprint density at radius 3 is 2.72 bits per heavy atom. The van der Waals surface area contributed by atoms with Crippen LogP contribution in [0.3, 0.4) is 0 Å². The topological polar surface area (TPSA) is 112 Å². The van der Waals surface area contributed by atoms with E-state index in [0.717, 1.165) is 24.2 Å². The van der Waals surface area contributed by atoms with Gasteiger partial charge in [-0.1, -0.05) is 0 Å². The van der Waals surface area contributed by atoms with Gasteiger partial charge in [-0.25, -0.2) is 9.50 Å². The first kappa shape index (κ1) is 15.6. The Morgan fingerprint density at radius 2 is 2.04 bits per heavy atom. The number of rotatable bonds is 2. The highest BCUT2D eigenvalue weighted by Crippen LogP contribution is 2.28. The van der Waals surface area contributed by atoms with Gasteiger partial charge in [0, 0.05) is 42.0 Å². The molecule has 25 heavy (non-hydrogen) atoms. The summed E-state index contributed by atoms with van der Waals surface area (Å²) >= 11 is 0. The zero-order chi connectivity index (χ0) is 17.6. The number of H-pyrrole nitrogens is 2. The molecule has 0 radical (unpaired) electrons. The number of fused-ring (bicyclic) bond motifs is 1. The molecule has 1 aliphatic heterocycles. The highest BCUT2D eigenvalue weighted by atomic mass is 16.2. The Bertz CT molecular complexity index is 978. The highest BCUT2D eigenvalue weighted by molar-refractivity contribution is 5.91. The molecule has 0 unspecified atom stereocenters. The molecule has 1 aliphatic rings. The number of carbonyl (C=O) groups is 1. The summed E-state index contributed by atoms with van der Waals surface area (Å²) in [5.74, 6) is 0.163. The molecule has 0 bridgehead atoms. The SMILES string of the molecule is Cc1nc2cc(C3CCN(C(=O)c4cn[nH]n4)CC3)[nH]n2c(=O)c1C. The summed E-state index contributed by atoms with van der Waals surface area (Å²) in [6.45, 7) is 4.92. The number of piperidine rings is 1. The van der Waals surface area contributed by atoms with E-state index in [4.69, 9.17) is 0 Å². The van der Waals surface area contributed by atoms with Crippen molar-refractivity contribution in [3.8, 4) is 0 Å². The molecule has 0 aliphatic carbocycles. The van der Waals surface area contributed by atoms with Gasteiger partial charge in [0.15, 0.2) is 11.3 Å². The number of likely N-dealkylation sites (tertiary alicyclic amines) is 1. The van der Waals surface area contributed by atoms with Crippen LogP contribution in [0.25, 0.3) is 5.65 Å². The number of aryl methyl sites for hydroxylation is 1. The zero-order valence-electron chi connectivity index (χ0n) is 14.1. The molecule has 9 nitrogen and oxygen atoms in total. The molecule has 130 valence electrons. The molecule has 2 N–H and O–H groups in total. The number of nitrogens with zero attached hydrogens (tertiary/aromatic N) is 5. The lowest BCUT2D eigenvalue weighted by Crippen LogP contribution is -2.38. The van der Waals surface area contributed by atoms with Crippen LogP contribution in [0.5, 0.6) is 0 Å². The maximum atomic E-state index is 12.3. The normalized spacial score (nSPS) is 15.8. The fraction of sp³-hybridized carbons (Fsp3) is 0.438. The molecule has 0 saturated carbocycles. The smallest absolute Gasteiger partial charge is 0.276 e. The molecule has 1 amide bonds. The number of amides is 1. The second kappa shape index (κ2) is 5.83. The van der Waals surface area contributed by atoms with Gasteiger partial charge in [0.25, 0.3) is 11.5 Å². The van der Waals surface area contributed by atoms with E-state index in [1.165, 1.54) is 10.7 Å². The molecule has 3 aromatic heterocycles. The van der Waals surface area contributed by atoms with E-state index < -0.39 is 0 Å². The van der Waals surface area contributed by atoms with Gasteiger partial charge < -0.3 is 4.90 Å². The molecule has 1 saturated heterocycles. The van der Waals surface area contributed by atoms with Crippen molar-refractivity contribution in [2.24, 2.45) is 0 Å². The molecule has 0 spiro atoms. The first-order chi connectivity index (χ1) is 12.0. The Morgan fingerprint density at radius 1 is 1.28 bits per heavy atom. The summed E-state index contributed by atoms with van der Waals surface area (Å²) < 4.78 is 1.50. The summed E-state index contributed by atoms with van der Waals surface area (Å²) in [6, 6.07) is 1.94. The number of hydrogen-bond donors (Lipinski definition) is 2. The van der Waals surface area contributed by atoms with E-state index in [1.807, 2.05) is 13.0 Å². The number of hydrogen-bond acceptors (Lipinski definition) is 5. The van der Waals surface area contributed by atoms with Crippen molar-refractivity contribution in [2.45, 2.75) is 32.6 Å². The van der Waals surface area contributed by atoms with Crippen molar-refractivity contribution in [1.82, 2.24) is 34.9 Å². The average molecular weight is 341 g/mol. The first-order valence-electron chi connectivity index (χ1n) is 8.28. The van der Waals surface area contributed by atoms with Gasteiger partial charge >= 0.3 is 0 Å². The molecule has 9 heteroatoms. The predicted octanol–water partition coefficient (Wildman–Crippen LogP) is 0.777. The third kappa shape index (κ3) is 2.61. The van der Waals surface area contributed by atoms with Crippen LogP contribution in [0.4, 0.5) is 0 Å². The quantitative estimate of drug-likeness (QED) is 0.715. The Kier molecular flexibility index (Phi) is 3.63. The van der Waals surface area contributed by atoms with E-state index in [9.17, 15) is 9.59 Å². The van der Waals surface area contributed by atoms with Crippen LogP contribution >= 0.6 is 0 Å². The molecule has 0 atom stereocenters. The van der Waals surface area contributed by atoms with Crippen molar-refractivity contribution in [2.75, 3.05) is 13.1 Å². The van der Waals surface area contributed by atoms with Gasteiger partial charge in [-0.05, 0) is 26.7 Å². The van der Waals surface area contributed by atoms with Crippen molar-refractivity contribution in [3.05, 3.63) is 45.3 Å². The minimum Gasteiger partial charge on any atom is -0.337 e. The summed E-state index contributed by atoms with van der Waals surface area (Å²) in [7, 11) is 0. The van der Waals surface area contributed by atoms with E-state index in [0.29, 0.717) is 30.0 Å². The molecule has 4 rings (SSSR count). The second-order valence-corrected chi connectivity index (χ2v) is 6.45. The van der Waals surface area contributed by atoms with Crippen molar-refractivity contribution in [1.29, 1.82) is 0 Å². The zero-order valence-corrected chi connectivity index (χ0v) is 14.1. The van der Waals surface area contributed by atoms with Gasteiger partial charge in [0.1, 0.15) is 0 Å². The van der Waals surface area contributed by atoms with Crippen LogP contribution in [0.1, 0.15) is 46.2 Å². The second-order valence-electron chi connectivity index (χ2n) is 6.45. The molecule has 3 aromatic rings. The Balaban J connectivity index is 1.53. The highest BCUT2D eigenvalue weighted by Gasteiger charge is 2.27. The minimum atomic E-state index is -0.104. The van der Waals surface area contributed by atoms with E-state index >= 15 is 0 Å². The summed E-state index contributed by atoms with van der Waals surface area (Å²) in [5.41, 5.74) is 3.31. The lowest BCUT2D eigenvalue weighted by Gasteiger charge is -2.30. The fourth-order valence-corrected chi connectivity index (χ4v) is 3.31. The van der Waals surface area contributed by atoms with Crippen LogP contribution < -0.4 is 5.56 Å². The standard InChI is InChI=1S/C16H19N7O2/c1-9-10(2)18-14-7-12(20-23(14)15(9)24)11-3-5-22(6-4-11)16(25)13-8-17-21-19-13/h7-8,11,20H,3-6H2,1-2H3,(H,17,19,21). The largest absolute Gasteiger partial charge is 0.337 e. The van der Waals surface area contributed by atoms with Crippen LogP contribution in [0.2, 0.25) is 0 Å². The van der Waals surface area contributed by atoms with Crippen LogP contribution in [0.15, 0.2) is 17.1 Å². The van der Waals surface area contributed by atoms with Gasteiger partial charge in [-0.15, -0.1) is 0 Å². The fourth-order valence-electron chi connectivity index (χ4n) is 3.31. The molecule has 4 heterocycles. The van der Waals surface area contributed by atoms with Gasteiger partial charge in [-0.3, -0.25) is 14.7 Å². The van der Waals surface area contributed by atoms with E-state index in [2.05, 4.69) is 25.5 Å². The summed E-state index contributed by atoms with van der Waals surface area (Å²) in [4.78, 5) is 30.9. The van der Waals surface area contributed by atoms with Crippen molar-refractivity contribution in [3.63, 3.8) is 0 Å². The van der Waals surface area contributed by atoms with Crippen LogP contribution in [0, 0.1) is 13.8 Å². The molecular formula is C16H19N7O2. The third-order valence-electron chi connectivity index (χ3n) is 4.96. The van der Waals surface area contributed by atoms with Gasteiger partial charge in [0.2, 0.25) is 0 Å². The lowest BCUT2D eigenvalue weighted by molar-refractivity contribution is 0.0706. The maximum absolute atomic E-state index is 12.3. The van der Waals surface area contributed by atoms with Gasteiger partial charge in [-0.2, -0.15) is 15.4 Å². The number of aromatic nitrogens is 6. The Labute approximate surface area is 143 Å². The summed E-state index contributed by atoms with van der Waals surface area (Å²) in [5, 5.41) is 13.2. The molecular weight excluding hydrogens is 322 g/mol. The monoisotopic (exact) mass is 341 g/mol. The Hall–Kier alpha value is -2.97. The average Bonchev–Trinajstić information content (AvgIpc) is 3.29. The van der Waals surface area contributed by atoms with Gasteiger partial charge in [0.05, 0.1) is 6.20 Å². The molecule has 1 fully saturated rings. The first-order valence-corrected chi connectivity index (χ1v) is 8.28. The minimum absolute atomic E-state index is 0.0626. The molecule has 0 aromatic carbocycles. The predicted molar refractivity (Wildman–Crippen MR) is 89.5 cm³/mol. The lowest BCUT2D eigenvalue weighted by atomic mass is 9.93.